The minimum Gasteiger partial charge on any atom is -0.481 e. The van der Waals surface area contributed by atoms with Crippen LogP contribution >= 0.6 is 11.8 Å². The number of hydrogen-bond donors (Lipinski definition) is 2. The molecule has 0 saturated carbocycles. The molecule has 0 aliphatic rings. The molecule has 0 atom stereocenters. The Labute approximate surface area is 97.3 Å². The summed E-state index contributed by atoms with van der Waals surface area (Å²) in [7, 11) is 0. The number of aliphatic carboxylic acids is 1. The van der Waals surface area contributed by atoms with Crippen molar-refractivity contribution in [1.82, 2.24) is 9.97 Å². The van der Waals surface area contributed by atoms with E-state index in [0.29, 0.717) is 16.6 Å². The predicted molar refractivity (Wildman–Crippen MR) is 61.9 cm³/mol. The number of H-pyrrole nitrogens is 1. The van der Waals surface area contributed by atoms with Crippen molar-refractivity contribution >= 4 is 17.7 Å². The van der Waals surface area contributed by atoms with E-state index in [1.54, 1.807) is 0 Å². The molecule has 1 heterocycles. The van der Waals surface area contributed by atoms with E-state index in [1.165, 1.54) is 17.8 Å². The Morgan fingerprint density at radius 1 is 1.62 bits per heavy atom. The zero-order chi connectivity index (χ0) is 12.1. The third-order valence-electron chi connectivity index (χ3n) is 1.85. The van der Waals surface area contributed by atoms with Gasteiger partial charge in [-0.3, -0.25) is 9.59 Å². The minimum atomic E-state index is -0.846. The summed E-state index contributed by atoms with van der Waals surface area (Å²) in [4.78, 5) is 28.5. The lowest BCUT2D eigenvalue weighted by molar-refractivity contribution is -0.136. The lowest BCUT2D eigenvalue weighted by atomic mass is 10.2. The number of nitrogens with one attached hydrogen (secondary N) is 1. The van der Waals surface area contributed by atoms with Gasteiger partial charge in [-0.2, -0.15) is 0 Å². The highest BCUT2D eigenvalue weighted by Gasteiger charge is 2.06. The largest absolute Gasteiger partial charge is 0.481 e. The molecule has 1 aromatic heterocycles. The molecule has 5 nitrogen and oxygen atoms in total. The maximum absolute atomic E-state index is 11.3. The van der Waals surface area contributed by atoms with Gasteiger partial charge in [-0.05, 0) is 0 Å². The highest BCUT2D eigenvalue weighted by molar-refractivity contribution is 7.99. The molecule has 0 unspecified atom stereocenters. The Bertz CT molecular complexity index is 428. The van der Waals surface area contributed by atoms with Crippen molar-refractivity contribution in [3.05, 3.63) is 22.2 Å². The zero-order valence-corrected chi connectivity index (χ0v) is 10.0. The van der Waals surface area contributed by atoms with Crippen LogP contribution in [-0.2, 0) is 4.79 Å². The first-order valence-electron chi connectivity index (χ1n) is 4.95. The maximum Gasteiger partial charge on any atom is 0.304 e. The highest BCUT2D eigenvalue weighted by atomic mass is 32.2. The summed E-state index contributed by atoms with van der Waals surface area (Å²) in [6.07, 6.45) is 0.0656. The van der Waals surface area contributed by atoms with Crippen LogP contribution in [0.25, 0.3) is 0 Å². The van der Waals surface area contributed by atoms with Crippen molar-refractivity contribution in [2.75, 3.05) is 5.75 Å². The lowest BCUT2D eigenvalue weighted by Gasteiger charge is -2.05. The van der Waals surface area contributed by atoms with Crippen molar-refractivity contribution in [1.29, 1.82) is 0 Å². The van der Waals surface area contributed by atoms with Gasteiger partial charge in [-0.25, -0.2) is 4.98 Å². The minimum absolute atomic E-state index is 0.0656. The summed E-state index contributed by atoms with van der Waals surface area (Å²) in [5.41, 5.74) is -0.198. The van der Waals surface area contributed by atoms with Gasteiger partial charge in [0.1, 0.15) is 10.9 Å². The van der Waals surface area contributed by atoms with Gasteiger partial charge in [0.2, 0.25) is 0 Å². The molecule has 0 amide bonds. The van der Waals surface area contributed by atoms with Crippen molar-refractivity contribution in [3.63, 3.8) is 0 Å². The number of carbonyl (C=O) groups is 1. The van der Waals surface area contributed by atoms with Gasteiger partial charge in [-0.15, -0.1) is 11.8 Å². The van der Waals surface area contributed by atoms with Crippen LogP contribution in [0.3, 0.4) is 0 Å². The number of aromatic nitrogens is 2. The number of nitrogens with zero attached hydrogens (tertiary/aromatic N) is 1. The molecular formula is C10H14N2O3S. The Morgan fingerprint density at radius 3 is 2.88 bits per heavy atom. The van der Waals surface area contributed by atoms with Crippen LogP contribution in [0.4, 0.5) is 0 Å². The molecule has 0 bridgehead atoms. The van der Waals surface area contributed by atoms with Crippen molar-refractivity contribution < 1.29 is 9.90 Å². The fraction of sp³-hybridized carbons (Fsp3) is 0.500. The zero-order valence-electron chi connectivity index (χ0n) is 9.19. The lowest BCUT2D eigenvalue weighted by Crippen LogP contribution is -2.12. The smallest absolute Gasteiger partial charge is 0.304 e. The average molecular weight is 242 g/mol. The molecule has 0 fully saturated rings. The SMILES string of the molecule is CC(C)c1nc(SCCC(=O)O)cc(=O)[nH]1. The van der Waals surface area contributed by atoms with Crippen molar-refractivity contribution in [2.24, 2.45) is 0 Å². The summed E-state index contributed by atoms with van der Waals surface area (Å²) < 4.78 is 0. The normalized spacial score (nSPS) is 10.7. The van der Waals surface area contributed by atoms with Gasteiger partial charge in [0.15, 0.2) is 0 Å². The molecular weight excluding hydrogens is 228 g/mol. The number of carboxylic acid groups (broad SMARTS) is 1. The van der Waals surface area contributed by atoms with Gasteiger partial charge >= 0.3 is 5.97 Å². The molecule has 2 N–H and O–H groups in total. The van der Waals surface area contributed by atoms with Crippen molar-refractivity contribution in [3.8, 4) is 0 Å². The first kappa shape index (κ1) is 12.8. The fourth-order valence-electron chi connectivity index (χ4n) is 1.04. The second-order valence-electron chi connectivity index (χ2n) is 3.62. The van der Waals surface area contributed by atoms with Gasteiger partial charge in [0, 0.05) is 17.7 Å². The number of rotatable bonds is 5. The molecule has 0 saturated heterocycles. The topological polar surface area (TPSA) is 83.0 Å². The Hall–Kier alpha value is -1.30. The number of thioether (sulfide) groups is 1. The van der Waals surface area contributed by atoms with E-state index in [4.69, 9.17) is 5.11 Å². The van der Waals surface area contributed by atoms with E-state index in [0.717, 1.165) is 0 Å². The van der Waals surface area contributed by atoms with E-state index in [9.17, 15) is 9.59 Å². The van der Waals surface area contributed by atoms with E-state index in [1.807, 2.05) is 13.8 Å². The molecule has 1 aromatic rings. The Balaban J connectivity index is 2.73. The molecule has 0 aliphatic carbocycles. The standard InChI is InChI=1S/C10H14N2O3S/c1-6(2)10-11-7(13)5-8(12-10)16-4-3-9(14)15/h5-6H,3-4H2,1-2H3,(H,14,15)(H,11,12,13). The highest BCUT2D eigenvalue weighted by Crippen LogP contribution is 2.16. The maximum atomic E-state index is 11.3. The first-order valence-corrected chi connectivity index (χ1v) is 5.93. The predicted octanol–water partition coefficient (Wildman–Crippen LogP) is 1.46. The first-order chi connectivity index (χ1) is 7.49. The van der Waals surface area contributed by atoms with Crippen LogP contribution in [0, 0.1) is 0 Å². The Morgan fingerprint density at radius 2 is 2.31 bits per heavy atom. The van der Waals surface area contributed by atoms with Crippen LogP contribution in [-0.4, -0.2) is 26.8 Å². The summed E-state index contributed by atoms with van der Waals surface area (Å²) in [5, 5.41) is 9.06. The number of carboxylic acids is 1. The molecule has 0 radical (unpaired) electrons. The summed E-state index contributed by atoms with van der Waals surface area (Å²) >= 11 is 1.28. The molecule has 16 heavy (non-hydrogen) atoms. The molecule has 1 rings (SSSR count). The second kappa shape index (κ2) is 5.69. The number of aromatic amines is 1. The number of hydrogen-bond acceptors (Lipinski definition) is 4. The summed E-state index contributed by atoms with van der Waals surface area (Å²) in [6, 6.07) is 1.39. The average Bonchev–Trinajstić information content (AvgIpc) is 2.16. The fourth-order valence-corrected chi connectivity index (χ4v) is 1.88. The van der Waals surface area contributed by atoms with Crippen molar-refractivity contribution in [2.45, 2.75) is 31.2 Å². The van der Waals surface area contributed by atoms with E-state index in [-0.39, 0.29) is 17.9 Å². The molecule has 6 heteroatoms. The van der Waals surface area contributed by atoms with E-state index in [2.05, 4.69) is 9.97 Å². The third-order valence-corrected chi connectivity index (χ3v) is 2.76. The van der Waals surface area contributed by atoms with Gasteiger partial charge in [0.25, 0.3) is 5.56 Å². The molecule has 0 aliphatic heterocycles. The quantitative estimate of drug-likeness (QED) is 0.603. The van der Waals surface area contributed by atoms with Crippen LogP contribution in [0.1, 0.15) is 32.0 Å². The van der Waals surface area contributed by atoms with Gasteiger partial charge in [-0.1, -0.05) is 13.8 Å². The third kappa shape index (κ3) is 4.06. The van der Waals surface area contributed by atoms with Crippen LogP contribution in [0.15, 0.2) is 15.9 Å². The molecule has 0 aromatic carbocycles. The molecule has 88 valence electrons. The van der Waals surface area contributed by atoms with E-state index < -0.39 is 5.97 Å². The second-order valence-corrected chi connectivity index (χ2v) is 4.73. The van der Waals surface area contributed by atoms with Gasteiger partial charge in [0.05, 0.1) is 6.42 Å². The monoisotopic (exact) mass is 242 g/mol. The van der Waals surface area contributed by atoms with Crippen LogP contribution in [0.2, 0.25) is 0 Å². The van der Waals surface area contributed by atoms with E-state index >= 15 is 0 Å². The molecule has 0 spiro atoms. The van der Waals surface area contributed by atoms with Crippen LogP contribution in [0.5, 0.6) is 0 Å². The van der Waals surface area contributed by atoms with Crippen LogP contribution < -0.4 is 5.56 Å². The summed E-state index contributed by atoms with van der Waals surface area (Å²) in [5.74, 6) is 0.350. The van der Waals surface area contributed by atoms with Gasteiger partial charge < -0.3 is 10.1 Å². The Kier molecular flexibility index (Phi) is 4.54. The summed E-state index contributed by atoms with van der Waals surface area (Å²) in [6.45, 7) is 3.87.